The lowest BCUT2D eigenvalue weighted by molar-refractivity contribution is -0.143. The van der Waals surface area contributed by atoms with Crippen molar-refractivity contribution < 1.29 is 37.4 Å². The number of aliphatic carboxylic acids is 1. The zero-order chi connectivity index (χ0) is 24.8. The highest BCUT2D eigenvalue weighted by Gasteiger charge is 2.27. The molecular weight excluding hydrogens is 466 g/mol. The number of carboxylic acid groups (broad SMARTS) is 1. The number of halogens is 2. The highest BCUT2D eigenvalue weighted by Crippen LogP contribution is 2.28. The summed E-state index contributed by atoms with van der Waals surface area (Å²) in [4.78, 5) is 23.5. The number of anilines is 3. The van der Waals surface area contributed by atoms with Gasteiger partial charge < -0.3 is 29.6 Å². The maximum absolute atomic E-state index is 12.4. The summed E-state index contributed by atoms with van der Waals surface area (Å²) >= 11 is 0. The molecule has 4 rings (SSSR count). The third-order valence-corrected chi connectivity index (χ3v) is 5.39. The van der Waals surface area contributed by atoms with Gasteiger partial charge in [0.05, 0.1) is 12.0 Å². The van der Waals surface area contributed by atoms with Gasteiger partial charge in [0, 0.05) is 11.4 Å². The second-order valence-electron chi connectivity index (χ2n) is 7.85. The third-order valence-electron chi connectivity index (χ3n) is 5.39. The van der Waals surface area contributed by atoms with Crippen LogP contribution in [-0.4, -0.2) is 39.9 Å². The van der Waals surface area contributed by atoms with Crippen molar-refractivity contribution in [2.75, 3.05) is 10.6 Å². The molecule has 10 nitrogen and oxygen atoms in total. The van der Waals surface area contributed by atoms with Crippen LogP contribution in [0.25, 0.3) is 0 Å². The van der Waals surface area contributed by atoms with Crippen LogP contribution < -0.4 is 20.1 Å². The molecule has 12 heteroatoms. The molecule has 0 radical (unpaired) electrons. The molecule has 0 unspecified atom stereocenters. The first-order valence-corrected chi connectivity index (χ1v) is 10.8. The smallest absolute Gasteiger partial charge is 0.387 e. The first-order chi connectivity index (χ1) is 16.9. The Balaban J connectivity index is 1.27. The fourth-order valence-electron chi connectivity index (χ4n) is 3.63. The minimum absolute atomic E-state index is 0.00173. The molecule has 1 aliphatic rings. The zero-order valence-electron chi connectivity index (χ0n) is 18.3. The number of benzene rings is 2. The molecule has 0 bridgehead atoms. The van der Waals surface area contributed by atoms with Gasteiger partial charge in [0.25, 0.3) is 0 Å². The second kappa shape index (κ2) is 10.8. The van der Waals surface area contributed by atoms with Crippen LogP contribution in [-0.2, 0) is 4.79 Å². The van der Waals surface area contributed by atoms with E-state index in [0.717, 1.165) is 0 Å². The molecule has 2 aromatic carbocycles. The molecule has 1 fully saturated rings. The monoisotopic (exact) mass is 488 g/mol. The minimum atomic E-state index is -2.92. The van der Waals surface area contributed by atoms with E-state index in [2.05, 4.69) is 25.6 Å². The van der Waals surface area contributed by atoms with E-state index in [1.807, 2.05) is 0 Å². The lowest BCUT2D eigenvalue weighted by atomic mass is 9.87. The van der Waals surface area contributed by atoms with E-state index in [0.29, 0.717) is 42.8 Å². The zero-order valence-corrected chi connectivity index (χ0v) is 18.3. The lowest BCUT2D eigenvalue weighted by Gasteiger charge is -2.26. The number of amides is 1. The van der Waals surface area contributed by atoms with Crippen LogP contribution in [0.4, 0.5) is 26.2 Å². The lowest BCUT2D eigenvalue weighted by Crippen LogP contribution is -2.27. The van der Waals surface area contributed by atoms with Crippen LogP contribution >= 0.6 is 0 Å². The standard InChI is InChI=1S/C23H22F2N4O6/c24-22(25)34-18-11-5-15(6-12-18)27-23-29-28-20(35-23)19(30)26-14-3-9-17(10-4-14)33-16-7-1-13(2-8-16)21(31)32/h3-6,9-13,16,22H,1-2,7-8H2,(H,26,30)(H,27,29)(H,31,32)/t13-,16+. The van der Waals surface area contributed by atoms with Gasteiger partial charge in [-0.25, -0.2) is 0 Å². The highest BCUT2D eigenvalue weighted by molar-refractivity contribution is 6.00. The molecule has 1 heterocycles. The molecule has 0 aliphatic heterocycles. The van der Waals surface area contributed by atoms with Crippen molar-refractivity contribution in [2.45, 2.75) is 38.4 Å². The van der Waals surface area contributed by atoms with Crippen LogP contribution in [0.1, 0.15) is 36.4 Å². The maximum atomic E-state index is 12.4. The van der Waals surface area contributed by atoms with E-state index in [-0.39, 0.29) is 29.7 Å². The van der Waals surface area contributed by atoms with Crippen molar-refractivity contribution in [3.63, 3.8) is 0 Å². The van der Waals surface area contributed by atoms with Gasteiger partial charge in [0.15, 0.2) is 0 Å². The van der Waals surface area contributed by atoms with Crippen LogP contribution in [0.2, 0.25) is 0 Å². The summed E-state index contributed by atoms with van der Waals surface area (Å²) in [5.74, 6) is -1.34. The highest BCUT2D eigenvalue weighted by atomic mass is 19.3. The van der Waals surface area contributed by atoms with E-state index in [1.54, 1.807) is 24.3 Å². The molecule has 0 atom stereocenters. The van der Waals surface area contributed by atoms with E-state index in [9.17, 15) is 18.4 Å². The van der Waals surface area contributed by atoms with Crippen molar-refractivity contribution in [2.24, 2.45) is 5.92 Å². The molecule has 3 aromatic rings. The molecule has 1 aromatic heterocycles. The van der Waals surface area contributed by atoms with Crippen molar-refractivity contribution in [3.05, 3.63) is 54.4 Å². The summed E-state index contributed by atoms with van der Waals surface area (Å²) in [6, 6.07) is 12.3. The minimum Gasteiger partial charge on any atom is -0.490 e. The molecule has 1 saturated carbocycles. The number of alkyl halides is 2. The Bertz CT molecular complexity index is 1150. The molecule has 3 N–H and O–H groups in total. The SMILES string of the molecule is O=C(Nc1ccc(O[C@H]2CC[C@@H](C(=O)O)CC2)cc1)c1nnc(Nc2ccc(OC(F)F)cc2)o1. The molecule has 0 spiro atoms. The topological polar surface area (TPSA) is 136 Å². The number of hydrogen-bond acceptors (Lipinski definition) is 8. The summed E-state index contributed by atoms with van der Waals surface area (Å²) in [6.45, 7) is -2.92. The van der Waals surface area contributed by atoms with E-state index < -0.39 is 18.5 Å². The molecule has 0 saturated heterocycles. The summed E-state index contributed by atoms with van der Waals surface area (Å²) in [7, 11) is 0. The Morgan fingerprint density at radius 1 is 0.943 bits per heavy atom. The van der Waals surface area contributed by atoms with Crippen molar-refractivity contribution >= 4 is 29.3 Å². The summed E-state index contributed by atoms with van der Waals surface area (Å²) < 4.78 is 39.9. The second-order valence-corrected chi connectivity index (χ2v) is 7.85. The number of rotatable bonds is 9. The predicted octanol–water partition coefficient (Wildman–Crippen LogP) is 4.69. The van der Waals surface area contributed by atoms with Gasteiger partial charge in [-0.05, 0) is 74.2 Å². The molecule has 184 valence electrons. The van der Waals surface area contributed by atoms with Gasteiger partial charge in [0.1, 0.15) is 11.5 Å². The van der Waals surface area contributed by atoms with Gasteiger partial charge in [-0.1, -0.05) is 5.10 Å². The van der Waals surface area contributed by atoms with Gasteiger partial charge in [-0.2, -0.15) is 8.78 Å². The predicted molar refractivity (Wildman–Crippen MR) is 119 cm³/mol. The number of carbonyl (C=O) groups excluding carboxylic acids is 1. The average molecular weight is 488 g/mol. The fraction of sp³-hybridized carbons (Fsp3) is 0.304. The molecular formula is C23H22F2N4O6. The maximum Gasteiger partial charge on any atom is 0.387 e. The van der Waals surface area contributed by atoms with E-state index in [1.165, 1.54) is 24.3 Å². The summed E-state index contributed by atoms with van der Waals surface area (Å²) in [6.07, 6.45) is 2.50. The summed E-state index contributed by atoms with van der Waals surface area (Å²) in [5, 5.41) is 21.9. The fourth-order valence-corrected chi connectivity index (χ4v) is 3.63. The van der Waals surface area contributed by atoms with Crippen LogP contribution in [0, 0.1) is 5.92 Å². The number of ether oxygens (including phenoxy) is 2. The number of carboxylic acids is 1. The Morgan fingerprint density at radius 3 is 2.20 bits per heavy atom. The number of nitrogens with one attached hydrogen (secondary N) is 2. The van der Waals surface area contributed by atoms with Gasteiger partial charge in [-0.15, -0.1) is 5.10 Å². The van der Waals surface area contributed by atoms with Gasteiger partial charge >= 0.3 is 30.4 Å². The van der Waals surface area contributed by atoms with Crippen molar-refractivity contribution in [1.29, 1.82) is 0 Å². The molecule has 1 aliphatic carbocycles. The van der Waals surface area contributed by atoms with Crippen molar-refractivity contribution in [3.8, 4) is 11.5 Å². The first-order valence-electron chi connectivity index (χ1n) is 10.8. The number of carbonyl (C=O) groups is 2. The molecule has 35 heavy (non-hydrogen) atoms. The first kappa shape index (κ1) is 23.9. The Labute approximate surface area is 198 Å². The Kier molecular flexibility index (Phi) is 7.38. The Morgan fingerprint density at radius 2 is 1.57 bits per heavy atom. The quantitative estimate of drug-likeness (QED) is 0.392. The van der Waals surface area contributed by atoms with E-state index in [4.69, 9.17) is 14.3 Å². The van der Waals surface area contributed by atoms with Crippen LogP contribution in [0.3, 0.4) is 0 Å². The number of aromatic nitrogens is 2. The third kappa shape index (κ3) is 6.65. The van der Waals surface area contributed by atoms with Gasteiger partial charge in [-0.3, -0.25) is 9.59 Å². The van der Waals surface area contributed by atoms with Gasteiger partial charge in [0.2, 0.25) is 0 Å². The number of nitrogens with zero attached hydrogens (tertiary/aromatic N) is 2. The molecule has 1 amide bonds. The Hall–Kier alpha value is -4.22. The number of hydrogen-bond donors (Lipinski definition) is 3. The van der Waals surface area contributed by atoms with Crippen LogP contribution in [0.15, 0.2) is 52.9 Å². The summed E-state index contributed by atoms with van der Waals surface area (Å²) in [5.41, 5.74) is 0.952. The van der Waals surface area contributed by atoms with Crippen LogP contribution in [0.5, 0.6) is 11.5 Å². The largest absolute Gasteiger partial charge is 0.490 e. The normalized spacial score (nSPS) is 17.6. The van der Waals surface area contributed by atoms with E-state index >= 15 is 0 Å². The van der Waals surface area contributed by atoms with Crippen molar-refractivity contribution in [1.82, 2.24) is 10.2 Å². The average Bonchev–Trinajstić information content (AvgIpc) is 3.30.